The van der Waals surface area contributed by atoms with E-state index in [4.69, 9.17) is 16.3 Å². The fraction of sp³-hybridized carbons (Fsp3) is 0.467. The second kappa shape index (κ2) is 6.80. The maximum atomic E-state index is 11.7. The third-order valence-electron chi connectivity index (χ3n) is 3.28. The third-order valence-corrected chi connectivity index (χ3v) is 3.47. The van der Waals surface area contributed by atoms with Gasteiger partial charge in [0.15, 0.2) is 0 Å². The minimum atomic E-state index is -0.224. The molecule has 2 aromatic rings. The number of methoxy groups -OCH3 is 1. The summed E-state index contributed by atoms with van der Waals surface area (Å²) in [6.07, 6.45) is 0.405. The summed E-state index contributed by atoms with van der Waals surface area (Å²) in [6.45, 7) is 4.98. The lowest BCUT2D eigenvalue weighted by Gasteiger charge is -2.10. The van der Waals surface area contributed by atoms with Crippen molar-refractivity contribution >= 4 is 28.5 Å². The smallest absolute Gasteiger partial charge is 0.221 e. The van der Waals surface area contributed by atoms with E-state index in [1.165, 1.54) is 0 Å². The molecule has 21 heavy (non-hydrogen) atoms. The summed E-state index contributed by atoms with van der Waals surface area (Å²) in [5.41, 5.74) is 1.79. The minimum Gasteiger partial charge on any atom is -0.497 e. The predicted octanol–water partition coefficient (Wildman–Crippen LogP) is 2.87. The monoisotopic (exact) mass is 309 g/mol. The predicted molar refractivity (Wildman–Crippen MR) is 83.9 cm³/mol. The van der Waals surface area contributed by atoms with Gasteiger partial charge in [0.2, 0.25) is 5.91 Å². The number of imidazole rings is 1. The fourth-order valence-corrected chi connectivity index (χ4v) is 2.46. The number of carbonyl (C=O) groups is 1. The number of carbonyl (C=O) groups excluding carboxylic acids is 1. The first-order chi connectivity index (χ1) is 10.1. The number of hydrogen-bond acceptors (Lipinski definition) is 3. The molecular weight excluding hydrogens is 290 g/mol. The average molecular weight is 310 g/mol. The molecule has 2 rings (SSSR count). The quantitative estimate of drug-likeness (QED) is 0.835. The molecule has 1 aromatic heterocycles. The summed E-state index contributed by atoms with van der Waals surface area (Å²) >= 11 is 6.21. The Morgan fingerprint density at radius 2 is 2.29 bits per heavy atom. The molecule has 0 aliphatic heterocycles. The summed E-state index contributed by atoms with van der Waals surface area (Å²) in [7, 11) is 1.62. The summed E-state index contributed by atoms with van der Waals surface area (Å²) in [4.78, 5) is 16.2. The van der Waals surface area contributed by atoms with Crippen LogP contribution in [0.3, 0.4) is 0 Å². The van der Waals surface area contributed by atoms with Crippen molar-refractivity contribution in [1.82, 2.24) is 14.9 Å². The summed E-state index contributed by atoms with van der Waals surface area (Å²) < 4.78 is 7.22. The Kier molecular flexibility index (Phi) is 5.07. The van der Waals surface area contributed by atoms with Gasteiger partial charge in [0.05, 0.1) is 23.5 Å². The lowest BCUT2D eigenvalue weighted by Crippen LogP contribution is -2.24. The van der Waals surface area contributed by atoms with E-state index < -0.39 is 0 Å². The van der Waals surface area contributed by atoms with Crippen LogP contribution < -0.4 is 10.1 Å². The lowest BCUT2D eigenvalue weighted by atomic mass is 10.3. The largest absolute Gasteiger partial charge is 0.497 e. The van der Waals surface area contributed by atoms with Crippen molar-refractivity contribution in [2.24, 2.45) is 0 Å². The van der Waals surface area contributed by atoms with E-state index in [9.17, 15) is 4.79 Å². The van der Waals surface area contributed by atoms with Gasteiger partial charge in [-0.3, -0.25) is 4.79 Å². The van der Waals surface area contributed by atoms with E-state index in [2.05, 4.69) is 10.3 Å². The number of alkyl halides is 1. The Balaban J connectivity index is 2.35. The van der Waals surface area contributed by atoms with Crippen LogP contribution in [0.5, 0.6) is 5.75 Å². The molecule has 0 radical (unpaired) electrons. The molecule has 1 unspecified atom stereocenters. The van der Waals surface area contributed by atoms with Crippen molar-refractivity contribution < 1.29 is 9.53 Å². The highest BCUT2D eigenvalue weighted by molar-refractivity contribution is 6.20. The highest BCUT2D eigenvalue weighted by Gasteiger charge is 2.16. The Bertz CT molecular complexity index is 637. The van der Waals surface area contributed by atoms with Crippen LogP contribution >= 0.6 is 11.6 Å². The summed E-state index contributed by atoms with van der Waals surface area (Å²) in [6, 6.07) is 5.71. The van der Waals surface area contributed by atoms with Gasteiger partial charge in [-0.2, -0.15) is 0 Å². The Labute approximate surface area is 129 Å². The number of benzene rings is 1. The zero-order valence-corrected chi connectivity index (χ0v) is 13.3. The number of rotatable bonds is 6. The van der Waals surface area contributed by atoms with Crippen LogP contribution in [0.4, 0.5) is 0 Å². The number of fused-ring (bicyclic) bond motifs is 1. The van der Waals surface area contributed by atoms with Crippen molar-refractivity contribution in [3.63, 3.8) is 0 Å². The number of nitrogens with one attached hydrogen (secondary N) is 1. The molecule has 0 bridgehead atoms. The van der Waals surface area contributed by atoms with Gasteiger partial charge in [-0.1, -0.05) is 0 Å². The van der Waals surface area contributed by atoms with Gasteiger partial charge >= 0.3 is 0 Å². The Morgan fingerprint density at radius 1 is 1.52 bits per heavy atom. The first-order valence-electron chi connectivity index (χ1n) is 7.01. The van der Waals surface area contributed by atoms with E-state index in [-0.39, 0.29) is 11.3 Å². The molecule has 0 fully saturated rings. The second-order valence-electron chi connectivity index (χ2n) is 4.80. The fourth-order valence-electron chi connectivity index (χ4n) is 2.29. The van der Waals surface area contributed by atoms with Crippen molar-refractivity contribution in [2.45, 2.75) is 32.2 Å². The van der Waals surface area contributed by atoms with Gasteiger partial charge in [-0.25, -0.2) is 4.98 Å². The van der Waals surface area contributed by atoms with Gasteiger partial charge < -0.3 is 14.6 Å². The van der Waals surface area contributed by atoms with Crippen molar-refractivity contribution in [3.8, 4) is 5.75 Å². The number of amides is 1. The zero-order chi connectivity index (χ0) is 15.4. The van der Waals surface area contributed by atoms with E-state index >= 15 is 0 Å². The number of ether oxygens (including phenoxy) is 1. The van der Waals surface area contributed by atoms with E-state index in [1.54, 1.807) is 7.11 Å². The van der Waals surface area contributed by atoms with E-state index in [0.29, 0.717) is 19.5 Å². The maximum absolute atomic E-state index is 11.7. The van der Waals surface area contributed by atoms with Gasteiger partial charge in [-0.15, -0.1) is 11.6 Å². The summed E-state index contributed by atoms with van der Waals surface area (Å²) in [5, 5.41) is 2.57. The number of aromatic nitrogens is 2. The number of hydrogen-bond donors (Lipinski definition) is 1. The molecule has 1 N–H and O–H groups in total. The van der Waals surface area contributed by atoms with Crippen LogP contribution in [0.25, 0.3) is 11.0 Å². The molecule has 0 aliphatic carbocycles. The normalized spacial score (nSPS) is 12.4. The number of nitrogens with zero attached hydrogens (tertiary/aromatic N) is 2. The van der Waals surface area contributed by atoms with Gasteiger partial charge in [0.1, 0.15) is 11.6 Å². The van der Waals surface area contributed by atoms with Crippen LogP contribution in [-0.4, -0.2) is 29.1 Å². The van der Waals surface area contributed by atoms with Crippen LogP contribution in [-0.2, 0) is 11.3 Å². The molecular formula is C15H20ClN3O2. The minimum absolute atomic E-state index is 0.0287. The molecule has 0 spiro atoms. The molecule has 1 aromatic carbocycles. The highest BCUT2D eigenvalue weighted by Crippen LogP contribution is 2.27. The van der Waals surface area contributed by atoms with Gasteiger partial charge in [-0.05, 0) is 26.0 Å². The Hall–Kier alpha value is -1.75. The molecule has 1 heterocycles. The van der Waals surface area contributed by atoms with E-state index in [1.807, 2.05) is 36.6 Å². The second-order valence-corrected chi connectivity index (χ2v) is 5.45. The van der Waals surface area contributed by atoms with Gasteiger partial charge in [0, 0.05) is 25.6 Å². The van der Waals surface area contributed by atoms with Gasteiger partial charge in [0.25, 0.3) is 0 Å². The highest BCUT2D eigenvalue weighted by atomic mass is 35.5. The lowest BCUT2D eigenvalue weighted by molar-refractivity contribution is -0.121. The number of halogens is 1. The van der Waals surface area contributed by atoms with Crippen molar-refractivity contribution in [3.05, 3.63) is 24.0 Å². The van der Waals surface area contributed by atoms with Crippen LogP contribution in [0, 0.1) is 0 Å². The van der Waals surface area contributed by atoms with Crippen LogP contribution in [0.1, 0.15) is 31.5 Å². The topological polar surface area (TPSA) is 56.2 Å². The molecule has 5 nitrogen and oxygen atoms in total. The zero-order valence-electron chi connectivity index (χ0n) is 12.5. The molecule has 6 heteroatoms. The van der Waals surface area contributed by atoms with Crippen molar-refractivity contribution in [1.29, 1.82) is 0 Å². The average Bonchev–Trinajstić information content (AvgIpc) is 2.83. The van der Waals surface area contributed by atoms with Crippen LogP contribution in [0.2, 0.25) is 0 Å². The van der Waals surface area contributed by atoms with E-state index in [0.717, 1.165) is 22.6 Å². The van der Waals surface area contributed by atoms with Crippen molar-refractivity contribution in [2.75, 3.05) is 13.7 Å². The maximum Gasteiger partial charge on any atom is 0.221 e. The molecule has 0 aliphatic rings. The molecule has 1 amide bonds. The van der Waals surface area contributed by atoms with Crippen LogP contribution in [0.15, 0.2) is 18.2 Å². The molecule has 0 saturated carbocycles. The molecule has 0 saturated heterocycles. The SMILES string of the molecule is CCNC(=O)CCn1c(C(C)Cl)nc2cc(OC)ccc21. The third kappa shape index (κ3) is 3.47. The Morgan fingerprint density at radius 3 is 2.90 bits per heavy atom. The number of aryl methyl sites for hydroxylation is 1. The first kappa shape index (κ1) is 15.6. The standard InChI is InChI=1S/C15H20ClN3O2/c1-4-17-14(20)7-8-19-13-6-5-11(21-3)9-12(13)18-15(19)10(2)16/h5-6,9-10H,4,7-8H2,1-3H3,(H,17,20). The molecule has 114 valence electrons. The first-order valence-corrected chi connectivity index (χ1v) is 7.45. The molecule has 1 atom stereocenters. The summed E-state index contributed by atoms with van der Waals surface area (Å²) in [5.74, 6) is 1.55.